The molecule has 0 heterocycles. The van der Waals surface area contributed by atoms with E-state index in [9.17, 15) is 4.79 Å². The molecule has 0 saturated heterocycles. The number of methoxy groups -OCH3 is 1. The maximum atomic E-state index is 12.2. The second kappa shape index (κ2) is 7.08. The van der Waals surface area contributed by atoms with Gasteiger partial charge in [0.25, 0.3) is 0 Å². The van der Waals surface area contributed by atoms with E-state index in [2.05, 4.69) is 19.9 Å². The number of hydrogen-bond acceptors (Lipinski definition) is 2. The molecule has 22 heavy (non-hydrogen) atoms. The predicted octanol–water partition coefficient (Wildman–Crippen LogP) is 5.02. The summed E-state index contributed by atoms with van der Waals surface area (Å²) in [5, 5.41) is 0. The Labute approximate surface area is 132 Å². The van der Waals surface area contributed by atoms with Crippen molar-refractivity contribution in [2.45, 2.75) is 26.7 Å². The second-order valence-corrected chi connectivity index (χ2v) is 5.67. The zero-order chi connectivity index (χ0) is 16.1. The molecular weight excluding hydrogens is 272 g/mol. The van der Waals surface area contributed by atoms with Crippen LogP contribution in [0.2, 0.25) is 0 Å². The Morgan fingerprint density at radius 3 is 2.41 bits per heavy atom. The summed E-state index contributed by atoms with van der Waals surface area (Å²) in [4.78, 5) is 12.2. The van der Waals surface area contributed by atoms with Gasteiger partial charge in [-0.2, -0.15) is 0 Å². The molecule has 2 aromatic rings. The van der Waals surface area contributed by atoms with Gasteiger partial charge >= 0.3 is 0 Å². The third-order valence-corrected chi connectivity index (χ3v) is 3.71. The van der Waals surface area contributed by atoms with Gasteiger partial charge in [-0.25, -0.2) is 0 Å². The van der Waals surface area contributed by atoms with E-state index in [1.165, 1.54) is 0 Å². The summed E-state index contributed by atoms with van der Waals surface area (Å²) >= 11 is 0. The molecule has 114 valence electrons. The highest BCUT2D eigenvalue weighted by Gasteiger charge is 2.10. The first-order valence-electron chi connectivity index (χ1n) is 7.49. The van der Waals surface area contributed by atoms with E-state index >= 15 is 0 Å². The minimum Gasteiger partial charge on any atom is -0.496 e. The summed E-state index contributed by atoms with van der Waals surface area (Å²) in [5.41, 5.74) is 4.00. The zero-order valence-electron chi connectivity index (χ0n) is 13.6. The molecule has 0 radical (unpaired) electrons. The number of rotatable bonds is 5. The van der Waals surface area contributed by atoms with Gasteiger partial charge in [-0.15, -0.1) is 0 Å². The standard InChI is InChI=1S/C20H22O2/c1-14(2)18-13-17(15(3)12-20(18)22-4)10-11-19(21)16-8-6-5-7-9-16/h5-14H,1-4H3. The van der Waals surface area contributed by atoms with Crippen LogP contribution >= 0.6 is 0 Å². The molecule has 0 aliphatic rings. The Morgan fingerprint density at radius 1 is 1.14 bits per heavy atom. The van der Waals surface area contributed by atoms with Crippen LogP contribution in [0.25, 0.3) is 6.08 Å². The van der Waals surface area contributed by atoms with Gasteiger partial charge in [0.1, 0.15) is 5.75 Å². The van der Waals surface area contributed by atoms with Crippen LogP contribution in [0.4, 0.5) is 0 Å². The predicted molar refractivity (Wildman–Crippen MR) is 91.6 cm³/mol. The normalized spacial score (nSPS) is 11.1. The molecule has 2 rings (SSSR count). The molecule has 0 amide bonds. The van der Waals surface area contributed by atoms with Crippen LogP contribution in [-0.4, -0.2) is 12.9 Å². The largest absolute Gasteiger partial charge is 0.496 e. The first-order chi connectivity index (χ1) is 10.5. The van der Waals surface area contributed by atoms with Crippen LogP contribution in [0.3, 0.4) is 0 Å². The fourth-order valence-corrected chi connectivity index (χ4v) is 2.39. The Morgan fingerprint density at radius 2 is 1.82 bits per heavy atom. The highest BCUT2D eigenvalue weighted by atomic mass is 16.5. The lowest BCUT2D eigenvalue weighted by atomic mass is 9.96. The van der Waals surface area contributed by atoms with E-state index in [1.54, 1.807) is 13.2 Å². The van der Waals surface area contributed by atoms with Gasteiger partial charge in [0.05, 0.1) is 7.11 Å². The van der Waals surface area contributed by atoms with Gasteiger partial charge in [0.2, 0.25) is 0 Å². The van der Waals surface area contributed by atoms with E-state index in [4.69, 9.17) is 4.74 Å². The lowest BCUT2D eigenvalue weighted by Gasteiger charge is -2.14. The molecular formula is C20H22O2. The van der Waals surface area contributed by atoms with Crippen molar-refractivity contribution >= 4 is 11.9 Å². The summed E-state index contributed by atoms with van der Waals surface area (Å²) in [6.07, 6.45) is 3.52. The van der Waals surface area contributed by atoms with E-state index in [1.807, 2.05) is 49.4 Å². The van der Waals surface area contributed by atoms with E-state index in [0.717, 1.165) is 22.4 Å². The fourth-order valence-electron chi connectivity index (χ4n) is 2.39. The number of aryl methyl sites for hydroxylation is 1. The average molecular weight is 294 g/mol. The highest BCUT2D eigenvalue weighted by Crippen LogP contribution is 2.30. The van der Waals surface area contributed by atoms with Crippen LogP contribution in [0, 0.1) is 6.92 Å². The minimum absolute atomic E-state index is 0.0157. The van der Waals surface area contributed by atoms with Gasteiger partial charge in [0, 0.05) is 5.56 Å². The van der Waals surface area contributed by atoms with Crippen molar-refractivity contribution in [2.24, 2.45) is 0 Å². The number of ketones is 1. The van der Waals surface area contributed by atoms with Crippen molar-refractivity contribution in [3.63, 3.8) is 0 Å². The molecule has 0 aliphatic carbocycles. The topological polar surface area (TPSA) is 26.3 Å². The minimum atomic E-state index is 0.0157. The van der Waals surface area contributed by atoms with Crippen LogP contribution in [0.1, 0.15) is 46.8 Å². The Kier molecular flexibility index (Phi) is 5.16. The number of carbonyl (C=O) groups excluding carboxylic acids is 1. The SMILES string of the molecule is COc1cc(C)c(C=CC(=O)c2ccccc2)cc1C(C)C. The van der Waals surface area contributed by atoms with Gasteiger partial charge < -0.3 is 4.74 Å². The lowest BCUT2D eigenvalue weighted by molar-refractivity contribution is 0.104. The summed E-state index contributed by atoms with van der Waals surface area (Å²) in [7, 11) is 1.69. The lowest BCUT2D eigenvalue weighted by Crippen LogP contribution is -1.97. The molecule has 0 N–H and O–H groups in total. The van der Waals surface area contributed by atoms with E-state index in [0.29, 0.717) is 11.5 Å². The Balaban J connectivity index is 2.31. The molecule has 2 heteroatoms. The first-order valence-corrected chi connectivity index (χ1v) is 7.49. The van der Waals surface area contributed by atoms with Crippen molar-refractivity contribution in [1.29, 1.82) is 0 Å². The van der Waals surface area contributed by atoms with Crippen molar-refractivity contribution in [2.75, 3.05) is 7.11 Å². The molecule has 0 spiro atoms. The van der Waals surface area contributed by atoms with Crippen molar-refractivity contribution in [3.8, 4) is 5.75 Å². The van der Waals surface area contributed by atoms with Crippen LogP contribution in [0.15, 0.2) is 48.5 Å². The van der Waals surface area contributed by atoms with Crippen LogP contribution in [-0.2, 0) is 0 Å². The van der Waals surface area contributed by atoms with Gasteiger partial charge in [-0.3, -0.25) is 4.79 Å². The monoisotopic (exact) mass is 294 g/mol. The molecule has 2 nitrogen and oxygen atoms in total. The molecule has 0 bridgehead atoms. The van der Waals surface area contributed by atoms with Crippen molar-refractivity contribution < 1.29 is 9.53 Å². The number of hydrogen-bond donors (Lipinski definition) is 0. The molecule has 0 fully saturated rings. The third kappa shape index (κ3) is 3.64. The van der Waals surface area contributed by atoms with Gasteiger partial charge in [0.15, 0.2) is 5.78 Å². The smallest absolute Gasteiger partial charge is 0.185 e. The summed E-state index contributed by atoms with van der Waals surface area (Å²) in [6.45, 7) is 6.30. The molecule has 0 unspecified atom stereocenters. The van der Waals surface area contributed by atoms with Gasteiger partial charge in [-0.1, -0.05) is 50.3 Å². The number of allylic oxidation sites excluding steroid dienone is 1. The van der Waals surface area contributed by atoms with Crippen LogP contribution < -0.4 is 4.74 Å². The molecule has 0 aliphatic heterocycles. The molecule has 0 saturated carbocycles. The Bertz CT molecular complexity index is 682. The zero-order valence-corrected chi connectivity index (χ0v) is 13.6. The Hall–Kier alpha value is -2.35. The highest BCUT2D eigenvalue weighted by molar-refractivity contribution is 6.06. The average Bonchev–Trinajstić information content (AvgIpc) is 2.53. The fraction of sp³-hybridized carbons (Fsp3) is 0.250. The maximum absolute atomic E-state index is 12.2. The number of benzene rings is 2. The maximum Gasteiger partial charge on any atom is 0.185 e. The molecule has 2 aromatic carbocycles. The van der Waals surface area contributed by atoms with E-state index < -0.39 is 0 Å². The second-order valence-electron chi connectivity index (χ2n) is 5.67. The van der Waals surface area contributed by atoms with Crippen molar-refractivity contribution in [3.05, 3.63) is 70.8 Å². The van der Waals surface area contributed by atoms with Crippen molar-refractivity contribution in [1.82, 2.24) is 0 Å². The first kappa shape index (κ1) is 16.0. The number of ether oxygens (including phenoxy) is 1. The summed E-state index contributed by atoms with van der Waals surface area (Å²) in [6, 6.07) is 13.4. The third-order valence-electron chi connectivity index (χ3n) is 3.71. The molecule has 0 aromatic heterocycles. The quantitative estimate of drug-likeness (QED) is 0.571. The molecule has 0 atom stereocenters. The number of carbonyl (C=O) groups is 1. The van der Waals surface area contributed by atoms with Gasteiger partial charge in [-0.05, 0) is 47.7 Å². The summed E-state index contributed by atoms with van der Waals surface area (Å²) < 4.78 is 5.45. The van der Waals surface area contributed by atoms with Crippen LogP contribution in [0.5, 0.6) is 5.75 Å². The van der Waals surface area contributed by atoms with E-state index in [-0.39, 0.29) is 5.78 Å². The summed E-state index contributed by atoms with van der Waals surface area (Å²) in [5.74, 6) is 1.29.